The normalized spacial score (nSPS) is 11.6. The Balaban J connectivity index is 1.91. The van der Waals surface area contributed by atoms with Gasteiger partial charge in [-0.05, 0) is 65.3 Å². The lowest BCUT2D eigenvalue weighted by Crippen LogP contribution is -2.30. The van der Waals surface area contributed by atoms with E-state index in [2.05, 4.69) is 21.2 Å². The van der Waals surface area contributed by atoms with E-state index < -0.39 is 11.7 Å². The molecule has 1 amide bonds. The Hall–Kier alpha value is -1.86. The number of rotatable bonds is 5. The van der Waals surface area contributed by atoms with Crippen LogP contribution in [0.1, 0.15) is 16.7 Å². The zero-order valence-electron chi connectivity index (χ0n) is 13.8. The van der Waals surface area contributed by atoms with Gasteiger partial charge >= 0.3 is 6.18 Å². The first-order valence-corrected chi connectivity index (χ1v) is 8.35. The molecule has 0 aromatic heterocycles. The van der Waals surface area contributed by atoms with Crippen LogP contribution in [0.25, 0.3) is 0 Å². The number of nitrogens with zero attached hydrogens (tertiary/aromatic N) is 1. The number of likely N-dealkylation sites (N-methyl/N-ethyl adjacent to an activating group) is 1. The molecular formula is C18H18BrF3N2O. The number of hydrogen-bond donors (Lipinski definition) is 1. The van der Waals surface area contributed by atoms with Crippen molar-refractivity contribution in [1.82, 2.24) is 4.90 Å². The molecule has 2 rings (SSSR count). The second-order valence-corrected chi connectivity index (χ2v) is 6.75. The van der Waals surface area contributed by atoms with Crippen molar-refractivity contribution in [2.45, 2.75) is 19.6 Å². The predicted octanol–water partition coefficient (Wildman–Crippen LogP) is 4.85. The van der Waals surface area contributed by atoms with Crippen molar-refractivity contribution < 1.29 is 18.0 Å². The van der Waals surface area contributed by atoms with E-state index in [-0.39, 0.29) is 12.5 Å². The summed E-state index contributed by atoms with van der Waals surface area (Å²) in [5, 5.41) is 2.81. The summed E-state index contributed by atoms with van der Waals surface area (Å²) >= 11 is 3.40. The van der Waals surface area contributed by atoms with Gasteiger partial charge < -0.3 is 5.32 Å². The van der Waals surface area contributed by atoms with E-state index in [0.29, 0.717) is 17.8 Å². The third kappa shape index (κ3) is 5.86. The molecule has 7 heteroatoms. The lowest BCUT2D eigenvalue weighted by atomic mass is 10.1. The van der Waals surface area contributed by atoms with E-state index in [1.54, 1.807) is 11.9 Å². The van der Waals surface area contributed by atoms with E-state index >= 15 is 0 Å². The summed E-state index contributed by atoms with van der Waals surface area (Å²) in [5.41, 5.74) is 1.78. The molecule has 0 spiro atoms. The number of hydrogen-bond acceptors (Lipinski definition) is 2. The number of carbonyl (C=O) groups is 1. The highest BCUT2D eigenvalue weighted by atomic mass is 79.9. The van der Waals surface area contributed by atoms with Crippen molar-refractivity contribution in [1.29, 1.82) is 0 Å². The second-order valence-electron chi connectivity index (χ2n) is 5.90. The third-order valence-corrected chi connectivity index (χ3v) is 4.20. The smallest absolute Gasteiger partial charge is 0.324 e. The topological polar surface area (TPSA) is 32.3 Å². The molecule has 1 N–H and O–H groups in total. The zero-order chi connectivity index (χ0) is 18.6. The van der Waals surface area contributed by atoms with Crippen LogP contribution in [0, 0.1) is 6.92 Å². The minimum Gasteiger partial charge on any atom is -0.324 e. The van der Waals surface area contributed by atoms with Gasteiger partial charge in [0.2, 0.25) is 5.91 Å². The van der Waals surface area contributed by atoms with E-state index in [9.17, 15) is 18.0 Å². The number of amides is 1. The van der Waals surface area contributed by atoms with Crippen LogP contribution in [-0.2, 0) is 17.5 Å². The number of halogens is 4. The molecule has 0 bridgehead atoms. The summed E-state index contributed by atoms with van der Waals surface area (Å²) in [7, 11) is 1.74. The highest BCUT2D eigenvalue weighted by Gasteiger charge is 2.29. The first-order chi connectivity index (χ1) is 11.6. The van der Waals surface area contributed by atoms with Crippen LogP contribution in [0.4, 0.5) is 18.9 Å². The van der Waals surface area contributed by atoms with Gasteiger partial charge in [0.15, 0.2) is 0 Å². The summed E-state index contributed by atoms with van der Waals surface area (Å²) in [6, 6.07) is 10.6. The molecule has 0 saturated heterocycles. The SMILES string of the molecule is Cc1ccc(NC(=O)CN(C)Cc2ccc(C(F)(F)F)cc2)c(Br)c1. The summed E-state index contributed by atoms with van der Waals surface area (Å²) in [5.74, 6) is -0.195. The molecule has 0 unspecified atom stereocenters. The second kappa shape index (κ2) is 8.01. The Morgan fingerprint density at radius 2 is 1.80 bits per heavy atom. The molecular weight excluding hydrogens is 397 g/mol. The molecule has 2 aromatic carbocycles. The molecule has 25 heavy (non-hydrogen) atoms. The summed E-state index contributed by atoms with van der Waals surface area (Å²) in [4.78, 5) is 13.8. The van der Waals surface area contributed by atoms with Gasteiger partial charge in [0.25, 0.3) is 0 Å². The molecule has 0 atom stereocenters. The van der Waals surface area contributed by atoms with Gasteiger partial charge in [0.1, 0.15) is 0 Å². The molecule has 0 aliphatic heterocycles. The van der Waals surface area contributed by atoms with Crippen molar-refractivity contribution in [3.05, 3.63) is 63.6 Å². The Labute approximate surface area is 153 Å². The highest BCUT2D eigenvalue weighted by molar-refractivity contribution is 9.10. The number of alkyl halides is 3. The van der Waals surface area contributed by atoms with E-state index in [1.165, 1.54) is 12.1 Å². The van der Waals surface area contributed by atoms with Crippen LogP contribution in [0.2, 0.25) is 0 Å². The maximum absolute atomic E-state index is 12.6. The van der Waals surface area contributed by atoms with Crippen molar-refractivity contribution in [2.24, 2.45) is 0 Å². The fourth-order valence-corrected chi connectivity index (χ4v) is 2.92. The van der Waals surface area contributed by atoms with Crippen molar-refractivity contribution in [3.63, 3.8) is 0 Å². The van der Waals surface area contributed by atoms with Crippen LogP contribution >= 0.6 is 15.9 Å². The minimum atomic E-state index is -4.34. The van der Waals surface area contributed by atoms with Gasteiger partial charge in [-0.25, -0.2) is 0 Å². The van der Waals surface area contributed by atoms with Gasteiger partial charge in [-0.15, -0.1) is 0 Å². The lowest BCUT2D eigenvalue weighted by Gasteiger charge is -2.17. The maximum atomic E-state index is 12.6. The van der Waals surface area contributed by atoms with Gasteiger partial charge in [-0.2, -0.15) is 13.2 Å². The van der Waals surface area contributed by atoms with Gasteiger partial charge in [0.05, 0.1) is 17.8 Å². The average Bonchev–Trinajstić information content (AvgIpc) is 2.49. The van der Waals surface area contributed by atoms with Crippen LogP contribution in [0.15, 0.2) is 46.9 Å². The summed E-state index contributed by atoms with van der Waals surface area (Å²) < 4.78 is 38.5. The van der Waals surface area contributed by atoms with Crippen molar-refractivity contribution >= 4 is 27.5 Å². The average molecular weight is 415 g/mol. The lowest BCUT2D eigenvalue weighted by molar-refractivity contribution is -0.137. The maximum Gasteiger partial charge on any atom is 0.416 e. The summed E-state index contributed by atoms with van der Waals surface area (Å²) in [6.45, 7) is 2.45. The Bertz CT molecular complexity index is 745. The van der Waals surface area contributed by atoms with Crippen LogP contribution in [0.3, 0.4) is 0 Å². The molecule has 2 aromatic rings. The molecule has 134 valence electrons. The zero-order valence-corrected chi connectivity index (χ0v) is 15.4. The molecule has 0 fully saturated rings. The third-order valence-electron chi connectivity index (χ3n) is 3.55. The first kappa shape index (κ1) is 19.5. The standard InChI is InChI=1S/C18H18BrF3N2O/c1-12-3-8-16(15(19)9-12)23-17(25)11-24(2)10-13-4-6-14(7-5-13)18(20,21)22/h3-9H,10-11H2,1-2H3,(H,23,25). The Kier molecular flexibility index (Phi) is 6.24. The number of carbonyl (C=O) groups excluding carboxylic acids is 1. The minimum absolute atomic E-state index is 0.126. The number of anilines is 1. The van der Waals surface area contributed by atoms with Crippen LogP contribution in [0.5, 0.6) is 0 Å². The number of aryl methyl sites for hydroxylation is 1. The van der Waals surface area contributed by atoms with Crippen LogP contribution in [-0.4, -0.2) is 24.4 Å². The predicted molar refractivity (Wildman–Crippen MR) is 95.3 cm³/mol. The Morgan fingerprint density at radius 3 is 2.36 bits per heavy atom. The first-order valence-electron chi connectivity index (χ1n) is 7.56. The highest BCUT2D eigenvalue weighted by Crippen LogP contribution is 2.29. The molecule has 0 saturated carbocycles. The molecule has 0 aliphatic rings. The monoisotopic (exact) mass is 414 g/mol. The molecule has 0 heterocycles. The fourth-order valence-electron chi connectivity index (χ4n) is 2.32. The van der Waals surface area contributed by atoms with Crippen molar-refractivity contribution in [2.75, 3.05) is 18.9 Å². The summed E-state index contributed by atoms with van der Waals surface area (Å²) in [6.07, 6.45) is -4.34. The molecule has 0 aliphatic carbocycles. The van der Waals surface area contributed by atoms with Gasteiger partial charge in [-0.3, -0.25) is 9.69 Å². The van der Waals surface area contributed by atoms with E-state index in [4.69, 9.17) is 0 Å². The number of benzene rings is 2. The van der Waals surface area contributed by atoms with E-state index in [1.807, 2.05) is 25.1 Å². The van der Waals surface area contributed by atoms with Gasteiger partial charge in [-0.1, -0.05) is 18.2 Å². The van der Waals surface area contributed by atoms with E-state index in [0.717, 1.165) is 22.2 Å². The molecule has 3 nitrogen and oxygen atoms in total. The quantitative estimate of drug-likeness (QED) is 0.758. The molecule has 0 radical (unpaired) electrons. The number of nitrogens with one attached hydrogen (secondary N) is 1. The van der Waals surface area contributed by atoms with Crippen molar-refractivity contribution in [3.8, 4) is 0 Å². The Morgan fingerprint density at radius 1 is 1.16 bits per heavy atom. The largest absolute Gasteiger partial charge is 0.416 e. The fraction of sp³-hybridized carbons (Fsp3) is 0.278. The van der Waals surface area contributed by atoms with Gasteiger partial charge in [0, 0.05) is 11.0 Å². The van der Waals surface area contributed by atoms with Crippen LogP contribution < -0.4 is 5.32 Å².